The number of nitrogens with one attached hydrogen (secondary N) is 1. The molecule has 0 saturated carbocycles. The van der Waals surface area contributed by atoms with Gasteiger partial charge in [-0.05, 0) is 37.4 Å². The fourth-order valence-corrected chi connectivity index (χ4v) is 2.45. The van der Waals surface area contributed by atoms with Crippen LogP contribution in [0.2, 0.25) is 5.28 Å². The van der Waals surface area contributed by atoms with Crippen molar-refractivity contribution in [3.63, 3.8) is 0 Å². The third-order valence-corrected chi connectivity index (χ3v) is 3.46. The van der Waals surface area contributed by atoms with E-state index < -0.39 is 12.7 Å². The third-order valence-electron chi connectivity index (χ3n) is 3.27. The Bertz CT molecular complexity index is 467. The van der Waals surface area contributed by atoms with Crippen LogP contribution in [0.25, 0.3) is 0 Å². The van der Waals surface area contributed by atoms with Crippen molar-refractivity contribution in [3.05, 3.63) is 17.0 Å². The van der Waals surface area contributed by atoms with Gasteiger partial charge in [0.05, 0.1) is 6.54 Å². The van der Waals surface area contributed by atoms with E-state index in [0.29, 0.717) is 25.5 Å². The minimum atomic E-state index is -4.13. The molecule has 1 fully saturated rings. The van der Waals surface area contributed by atoms with E-state index in [9.17, 15) is 13.2 Å². The molecule has 0 spiro atoms. The van der Waals surface area contributed by atoms with Crippen LogP contribution in [0.15, 0.2) is 6.20 Å². The molecule has 1 aliphatic rings. The zero-order chi connectivity index (χ0) is 14.8. The van der Waals surface area contributed by atoms with Crippen molar-refractivity contribution >= 4 is 17.4 Å². The van der Waals surface area contributed by atoms with Crippen LogP contribution in [0.1, 0.15) is 12.0 Å². The first-order chi connectivity index (χ1) is 9.33. The molecular weight excluding hydrogens is 293 g/mol. The zero-order valence-corrected chi connectivity index (χ0v) is 11.8. The van der Waals surface area contributed by atoms with E-state index in [2.05, 4.69) is 15.3 Å². The summed E-state index contributed by atoms with van der Waals surface area (Å²) in [6.07, 6.45) is -1.76. The fourth-order valence-electron chi connectivity index (χ4n) is 2.32. The lowest BCUT2D eigenvalue weighted by Crippen LogP contribution is -2.33. The molecule has 20 heavy (non-hydrogen) atoms. The van der Waals surface area contributed by atoms with Gasteiger partial charge in [-0.1, -0.05) is 0 Å². The maximum absolute atomic E-state index is 12.3. The number of nitrogens with zero attached hydrogens (tertiary/aromatic N) is 3. The Balaban J connectivity index is 1.82. The monoisotopic (exact) mass is 308 g/mol. The largest absolute Gasteiger partial charge is 0.401 e. The molecule has 1 aromatic rings. The van der Waals surface area contributed by atoms with Crippen LogP contribution in [0.3, 0.4) is 0 Å². The topological polar surface area (TPSA) is 41.1 Å². The van der Waals surface area contributed by atoms with E-state index in [1.165, 1.54) is 4.90 Å². The zero-order valence-electron chi connectivity index (χ0n) is 11.0. The molecule has 4 nitrogen and oxygen atoms in total. The quantitative estimate of drug-likeness (QED) is 0.868. The van der Waals surface area contributed by atoms with Gasteiger partial charge in [0.1, 0.15) is 5.82 Å². The molecule has 1 atom stereocenters. The van der Waals surface area contributed by atoms with E-state index >= 15 is 0 Å². The van der Waals surface area contributed by atoms with Gasteiger partial charge in [0.25, 0.3) is 0 Å². The SMILES string of the molecule is Cc1cnc(Cl)nc1NCC1CCN(CC(F)(F)F)C1. The summed E-state index contributed by atoms with van der Waals surface area (Å²) < 4.78 is 36.9. The molecule has 1 aromatic heterocycles. The van der Waals surface area contributed by atoms with Crippen LogP contribution >= 0.6 is 11.6 Å². The Kier molecular flexibility index (Phi) is 4.70. The highest BCUT2D eigenvalue weighted by Gasteiger charge is 2.34. The summed E-state index contributed by atoms with van der Waals surface area (Å²) in [5, 5.41) is 3.29. The first-order valence-corrected chi connectivity index (χ1v) is 6.73. The van der Waals surface area contributed by atoms with Crippen molar-refractivity contribution in [3.8, 4) is 0 Å². The second-order valence-electron chi connectivity index (χ2n) is 5.06. The second-order valence-corrected chi connectivity index (χ2v) is 5.39. The van der Waals surface area contributed by atoms with E-state index in [4.69, 9.17) is 11.6 Å². The third kappa shape index (κ3) is 4.49. The van der Waals surface area contributed by atoms with Gasteiger partial charge in [0.15, 0.2) is 0 Å². The van der Waals surface area contributed by atoms with E-state index in [1.54, 1.807) is 6.20 Å². The predicted molar refractivity (Wildman–Crippen MR) is 70.9 cm³/mol. The molecule has 0 bridgehead atoms. The molecular formula is C12H16ClF3N4. The molecule has 2 rings (SSSR count). The molecule has 1 N–H and O–H groups in total. The Hall–Kier alpha value is -1.08. The average Bonchev–Trinajstić information content (AvgIpc) is 2.75. The number of aryl methyl sites for hydroxylation is 1. The fraction of sp³-hybridized carbons (Fsp3) is 0.667. The van der Waals surface area contributed by atoms with Crippen LogP contribution in [0.5, 0.6) is 0 Å². The van der Waals surface area contributed by atoms with Crippen molar-refractivity contribution in [1.82, 2.24) is 14.9 Å². The predicted octanol–water partition coefficient (Wildman–Crippen LogP) is 2.73. The molecule has 8 heteroatoms. The van der Waals surface area contributed by atoms with Gasteiger partial charge in [-0.15, -0.1) is 0 Å². The number of halogens is 4. The van der Waals surface area contributed by atoms with Crippen LogP contribution in [-0.2, 0) is 0 Å². The van der Waals surface area contributed by atoms with Crippen molar-refractivity contribution < 1.29 is 13.2 Å². The maximum atomic E-state index is 12.3. The maximum Gasteiger partial charge on any atom is 0.401 e. The number of aromatic nitrogens is 2. The van der Waals surface area contributed by atoms with E-state index in [0.717, 1.165) is 12.0 Å². The first-order valence-electron chi connectivity index (χ1n) is 6.35. The number of alkyl halides is 3. The lowest BCUT2D eigenvalue weighted by atomic mass is 10.1. The highest BCUT2D eigenvalue weighted by molar-refractivity contribution is 6.28. The molecule has 0 aliphatic carbocycles. The van der Waals surface area contributed by atoms with Gasteiger partial charge < -0.3 is 5.32 Å². The molecule has 1 unspecified atom stereocenters. The van der Waals surface area contributed by atoms with Crippen molar-refractivity contribution in [2.75, 3.05) is 31.5 Å². The minimum absolute atomic E-state index is 0.156. The van der Waals surface area contributed by atoms with E-state index in [-0.39, 0.29) is 11.2 Å². The van der Waals surface area contributed by atoms with E-state index in [1.807, 2.05) is 6.92 Å². The van der Waals surface area contributed by atoms with Crippen molar-refractivity contribution in [2.45, 2.75) is 19.5 Å². The summed E-state index contributed by atoms with van der Waals surface area (Å²) in [6.45, 7) is 2.54. The summed E-state index contributed by atoms with van der Waals surface area (Å²) >= 11 is 5.71. The van der Waals surface area contributed by atoms with Crippen LogP contribution in [0, 0.1) is 12.8 Å². The number of hydrogen-bond acceptors (Lipinski definition) is 4. The molecule has 2 heterocycles. The number of rotatable bonds is 4. The lowest BCUT2D eigenvalue weighted by molar-refractivity contribution is -0.143. The number of likely N-dealkylation sites (tertiary alicyclic amines) is 1. The van der Waals surface area contributed by atoms with Gasteiger partial charge in [0.2, 0.25) is 5.28 Å². The van der Waals surface area contributed by atoms with Gasteiger partial charge in [0, 0.05) is 24.8 Å². The Labute approximate surface area is 120 Å². The highest BCUT2D eigenvalue weighted by Crippen LogP contribution is 2.23. The Morgan fingerprint density at radius 1 is 1.50 bits per heavy atom. The molecule has 1 saturated heterocycles. The minimum Gasteiger partial charge on any atom is -0.369 e. The Morgan fingerprint density at radius 2 is 2.25 bits per heavy atom. The second kappa shape index (κ2) is 6.13. The summed E-state index contributed by atoms with van der Waals surface area (Å²) in [6, 6.07) is 0. The highest BCUT2D eigenvalue weighted by atomic mass is 35.5. The van der Waals surface area contributed by atoms with Crippen LogP contribution in [0.4, 0.5) is 19.0 Å². The average molecular weight is 309 g/mol. The standard InChI is InChI=1S/C12H16ClF3N4/c1-8-4-18-11(13)19-10(8)17-5-9-2-3-20(6-9)7-12(14,15)16/h4,9H,2-3,5-7H2,1H3,(H,17,18,19). The normalized spacial score (nSPS) is 20.4. The van der Waals surface area contributed by atoms with Crippen LogP contribution < -0.4 is 5.32 Å². The summed E-state index contributed by atoms with van der Waals surface area (Å²) in [5.41, 5.74) is 0.861. The molecule has 0 amide bonds. The first kappa shape index (κ1) is 15.3. The van der Waals surface area contributed by atoms with Crippen molar-refractivity contribution in [2.24, 2.45) is 5.92 Å². The molecule has 1 aliphatic heterocycles. The Morgan fingerprint density at radius 3 is 2.95 bits per heavy atom. The number of anilines is 1. The summed E-state index contributed by atoms with van der Waals surface area (Å²) in [5.74, 6) is 0.824. The van der Waals surface area contributed by atoms with Gasteiger partial charge in [-0.3, -0.25) is 4.90 Å². The summed E-state index contributed by atoms with van der Waals surface area (Å²) in [4.78, 5) is 9.35. The lowest BCUT2D eigenvalue weighted by Gasteiger charge is -2.18. The number of hydrogen-bond donors (Lipinski definition) is 1. The smallest absolute Gasteiger partial charge is 0.369 e. The van der Waals surface area contributed by atoms with Gasteiger partial charge in [-0.2, -0.15) is 13.2 Å². The molecule has 0 aromatic carbocycles. The van der Waals surface area contributed by atoms with Gasteiger partial charge in [-0.25, -0.2) is 9.97 Å². The summed E-state index contributed by atoms with van der Waals surface area (Å²) in [7, 11) is 0. The van der Waals surface area contributed by atoms with Gasteiger partial charge >= 0.3 is 6.18 Å². The van der Waals surface area contributed by atoms with Crippen molar-refractivity contribution in [1.29, 1.82) is 0 Å². The van der Waals surface area contributed by atoms with Crippen LogP contribution in [-0.4, -0.2) is 47.2 Å². The molecule has 112 valence electrons. The molecule has 0 radical (unpaired) electrons.